The van der Waals surface area contributed by atoms with Gasteiger partial charge in [0.1, 0.15) is 11.6 Å². The van der Waals surface area contributed by atoms with E-state index in [1.807, 2.05) is 31.2 Å². The zero-order chi connectivity index (χ0) is 18.4. The van der Waals surface area contributed by atoms with Crippen LogP contribution in [0.1, 0.15) is 17.3 Å². The number of amides is 1. The fraction of sp³-hybridized carbons (Fsp3) is 0.105. The molecular formula is C19H17FN4O2. The molecule has 1 heterocycles. The van der Waals surface area contributed by atoms with Gasteiger partial charge in [-0.05, 0) is 43.3 Å². The van der Waals surface area contributed by atoms with E-state index in [4.69, 9.17) is 4.74 Å². The molecule has 0 atom stereocenters. The SMILES string of the molecule is CCOc1ccccc1Nc1ccc(NC(=O)c2ccccc2F)nn1. The van der Waals surface area contributed by atoms with E-state index in [-0.39, 0.29) is 11.4 Å². The number of ether oxygens (including phenoxy) is 1. The second kappa shape index (κ2) is 8.06. The minimum absolute atomic E-state index is 0.0536. The second-order valence-corrected chi connectivity index (χ2v) is 5.29. The van der Waals surface area contributed by atoms with Gasteiger partial charge in [-0.3, -0.25) is 4.79 Å². The van der Waals surface area contributed by atoms with E-state index in [0.717, 1.165) is 5.69 Å². The predicted molar refractivity (Wildman–Crippen MR) is 97.3 cm³/mol. The Hall–Kier alpha value is -3.48. The molecule has 0 saturated carbocycles. The highest BCUT2D eigenvalue weighted by atomic mass is 19.1. The molecule has 0 aliphatic heterocycles. The van der Waals surface area contributed by atoms with Gasteiger partial charge >= 0.3 is 0 Å². The van der Waals surface area contributed by atoms with Crippen molar-refractivity contribution in [2.75, 3.05) is 17.2 Å². The molecule has 26 heavy (non-hydrogen) atoms. The molecule has 1 aromatic heterocycles. The van der Waals surface area contributed by atoms with Crippen LogP contribution in [0.4, 0.5) is 21.7 Å². The topological polar surface area (TPSA) is 76.1 Å². The molecule has 0 aliphatic carbocycles. The lowest BCUT2D eigenvalue weighted by molar-refractivity contribution is 0.102. The van der Waals surface area contributed by atoms with E-state index in [1.165, 1.54) is 18.2 Å². The van der Waals surface area contributed by atoms with Crippen molar-refractivity contribution in [1.82, 2.24) is 10.2 Å². The fourth-order valence-corrected chi connectivity index (χ4v) is 2.28. The van der Waals surface area contributed by atoms with Crippen molar-refractivity contribution in [1.29, 1.82) is 0 Å². The summed E-state index contributed by atoms with van der Waals surface area (Å²) in [7, 11) is 0. The van der Waals surface area contributed by atoms with Crippen molar-refractivity contribution in [2.45, 2.75) is 6.92 Å². The quantitative estimate of drug-likeness (QED) is 0.701. The van der Waals surface area contributed by atoms with Crippen LogP contribution in [0.2, 0.25) is 0 Å². The molecule has 2 N–H and O–H groups in total. The number of hydrogen-bond donors (Lipinski definition) is 2. The third-order valence-corrected chi connectivity index (χ3v) is 3.47. The van der Waals surface area contributed by atoms with Crippen LogP contribution in [0, 0.1) is 5.82 Å². The van der Waals surface area contributed by atoms with E-state index < -0.39 is 11.7 Å². The third-order valence-electron chi connectivity index (χ3n) is 3.47. The molecule has 0 fully saturated rings. The lowest BCUT2D eigenvalue weighted by Crippen LogP contribution is -2.15. The highest BCUT2D eigenvalue weighted by Gasteiger charge is 2.12. The first kappa shape index (κ1) is 17.3. The molecule has 1 amide bonds. The van der Waals surface area contributed by atoms with Gasteiger partial charge in [0.2, 0.25) is 0 Å². The summed E-state index contributed by atoms with van der Waals surface area (Å²) in [5.74, 6) is 0.236. The molecule has 0 radical (unpaired) electrons. The van der Waals surface area contributed by atoms with Gasteiger partial charge in [0.05, 0.1) is 17.9 Å². The Morgan fingerprint density at radius 1 is 1.00 bits per heavy atom. The molecule has 0 saturated heterocycles. The van der Waals surface area contributed by atoms with Crippen LogP contribution in [-0.4, -0.2) is 22.7 Å². The summed E-state index contributed by atoms with van der Waals surface area (Å²) < 4.78 is 19.2. The molecular weight excluding hydrogens is 335 g/mol. The summed E-state index contributed by atoms with van der Waals surface area (Å²) in [6.07, 6.45) is 0. The van der Waals surface area contributed by atoms with E-state index in [0.29, 0.717) is 18.2 Å². The summed E-state index contributed by atoms with van der Waals surface area (Å²) in [5.41, 5.74) is 0.703. The number of nitrogens with zero attached hydrogens (tertiary/aromatic N) is 2. The Morgan fingerprint density at radius 2 is 1.69 bits per heavy atom. The molecule has 0 aliphatic rings. The number of carbonyl (C=O) groups excluding carboxylic acids is 1. The summed E-state index contributed by atoms with van der Waals surface area (Å²) in [4.78, 5) is 12.1. The van der Waals surface area contributed by atoms with Crippen LogP contribution in [-0.2, 0) is 0 Å². The van der Waals surface area contributed by atoms with Crippen LogP contribution in [0.5, 0.6) is 5.75 Å². The molecule has 3 rings (SSSR count). The first-order valence-electron chi connectivity index (χ1n) is 8.06. The minimum Gasteiger partial charge on any atom is -0.492 e. The maximum atomic E-state index is 13.6. The van der Waals surface area contributed by atoms with Gasteiger partial charge < -0.3 is 15.4 Å². The molecule has 7 heteroatoms. The van der Waals surface area contributed by atoms with Gasteiger partial charge in [-0.25, -0.2) is 4.39 Å². The summed E-state index contributed by atoms with van der Waals surface area (Å²) in [6.45, 7) is 2.45. The van der Waals surface area contributed by atoms with E-state index in [1.54, 1.807) is 18.2 Å². The number of benzene rings is 2. The molecule has 2 aromatic carbocycles. The summed E-state index contributed by atoms with van der Waals surface area (Å²) in [5, 5.41) is 13.6. The summed E-state index contributed by atoms with van der Waals surface area (Å²) >= 11 is 0. The Kier molecular flexibility index (Phi) is 5.38. The number of carbonyl (C=O) groups is 1. The molecule has 6 nitrogen and oxygen atoms in total. The normalized spacial score (nSPS) is 10.2. The smallest absolute Gasteiger partial charge is 0.259 e. The van der Waals surface area contributed by atoms with Gasteiger partial charge in [-0.15, -0.1) is 10.2 Å². The number of para-hydroxylation sites is 2. The van der Waals surface area contributed by atoms with Gasteiger partial charge in [0, 0.05) is 0 Å². The third kappa shape index (κ3) is 4.13. The van der Waals surface area contributed by atoms with Crippen LogP contribution in [0.15, 0.2) is 60.7 Å². The monoisotopic (exact) mass is 352 g/mol. The van der Waals surface area contributed by atoms with Crippen molar-refractivity contribution in [2.24, 2.45) is 0 Å². The van der Waals surface area contributed by atoms with Gasteiger partial charge in [-0.1, -0.05) is 24.3 Å². The molecule has 0 unspecified atom stereocenters. The van der Waals surface area contributed by atoms with Crippen molar-refractivity contribution in [3.05, 3.63) is 72.0 Å². The Balaban J connectivity index is 1.69. The van der Waals surface area contributed by atoms with Crippen LogP contribution in [0.25, 0.3) is 0 Å². The number of halogens is 1. The number of nitrogens with one attached hydrogen (secondary N) is 2. The van der Waals surface area contributed by atoms with Crippen LogP contribution >= 0.6 is 0 Å². The summed E-state index contributed by atoms with van der Waals surface area (Å²) in [6, 6.07) is 16.4. The van der Waals surface area contributed by atoms with Crippen molar-refractivity contribution in [3.63, 3.8) is 0 Å². The first-order valence-corrected chi connectivity index (χ1v) is 8.06. The molecule has 132 valence electrons. The van der Waals surface area contributed by atoms with Crippen molar-refractivity contribution in [3.8, 4) is 5.75 Å². The van der Waals surface area contributed by atoms with Crippen molar-refractivity contribution >= 4 is 23.2 Å². The Labute approximate surface area is 150 Å². The first-order chi connectivity index (χ1) is 12.7. The average molecular weight is 352 g/mol. The number of hydrogen-bond acceptors (Lipinski definition) is 5. The Bertz CT molecular complexity index is 900. The maximum absolute atomic E-state index is 13.6. The molecule has 0 bridgehead atoms. The van der Waals surface area contributed by atoms with E-state index >= 15 is 0 Å². The molecule has 0 spiro atoms. The molecule has 3 aromatic rings. The largest absolute Gasteiger partial charge is 0.492 e. The predicted octanol–water partition coefficient (Wildman–Crippen LogP) is 4.01. The Morgan fingerprint density at radius 3 is 2.42 bits per heavy atom. The zero-order valence-electron chi connectivity index (χ0n) is 14.1. The average Bonchev–Trinajstić information content (AvgIpc) is 2.65. The van der Waals surface area contributed by atoms with Crippen LogP contribution in [0.3, 0.4) is 0 Å². The minimum atomic E-state index is -0.594. The van der Waals surface area contributed by atoms with Gasteiger partial charge in [0.15, 0.2) is 11.6 Å². The number of anilines is 3. The lowest BCUT2D eigenvalue weighted by Gasteiger charge is -2.11. The lowest BCUT2D eigenvalue weighted by atomic mass is 10.2. The van der Waals surface area contributed by atoms with Gasteiger partial charge in [0.25, 0.3) is 5.91 Å². The number of rotatable bonds is 6. The second-order valence-electron chi connectivity index (χ2n) is 5.29. The van der Waals surface area contributed by atoms with Crippen molar-refractivity contribution < 1.29 is 13.9 Å². The van der Waals surface area contributed by atoms with Gasteiger partial charge in [-0.2, -0.15) is 0 Å². The standard InChI is InChI=1S/C19H17FN4O2/c1-2-26-16-10-6-5-9-15(16)21-17-11-12-18(24-23-17)22-19(25)13-7-3-4-8-14(13)20/h3-12H,2H2,1H3,(H,21,23)(H,22,24,25). The van der Waals surface area contributed by atoms with Crippen LogP contribution < -0.4 is 15.4 Å². The highest BCUT2D eigenvalue weighted by molar-refractivity contribution is 6.03. The fourth-order valence-electron chi connectivity index (χ4n) is 2.28. The highest BCUT2D eigenvalue weighted by Crippen LogP contribution is 2.26. The number of aromatic nitrogens is 2. The maximum Gasteiger partial charge on any atom is 0.259 e. The van der Waals surface area contributed by atoms with E-state index in [9.17, 15) is 9.18 Å². The van der Waals surface area contributed by atoms with E-state index in [2.05, 4.69) is 20.8 Å². The zero-order valence-corrected chi connectivity index (χ0v) is 14.1.